The average molecular weight is 267 g/mol. The van der Waals surface area contributed by atoms with E-state index >= 15 is 0 Å². The van der Waals surface area contributed by atoms with Crippen LogP contribution in [0.15, 0.2) is 36.7 Å². The zero-order valence-corrected chi connectivity index (χ0v) is 11.3. The van der Waals surface area contributed by atoms with Gasteiger partial charge in [0.25, 0.3) is 0 Å². The molecule has 4 heterocycles. The second-order valence-corrected chi connectivity index (χ2v) is 5.62. The van der Waals surface area contributed by atoms with Crippen LogP contribution in [0.25, 0.3) is 10.8 Å². The minimum absolute atomic E-state index is 0.0170. The third-order valence-electron chi connectivity index (χ3n) is 4.53. The number of benzene rings is 1. The molecule has 0 radical (unpaired) electrons. The summed E-state index contributed by atoms with van der Waals surface area (Å²) >= 11 is 0. The molecule has 0 amide bonds. The second kappa shape index (κ2) is 4.65. The predicted molar refractivity (Wildman–Crippen MR) is 77.9 cm³/mol. The van der Waals surface area contributed by atoms with E-state index < -0.39 is 0 Å². The minimum Gasteiger partial charge on any atom is -0.299 e. The monoisotopic (exact) mass is 267 g/mol. The topological polar surface area (TPSA) is 36.4 Å². The maximum atomic E-state index is 12.9. The van der Waals surface area contributed by atoms with Crippen molar-refractivity contribution in [3.8, 4) is 0 Å². The third kappa shape index (κ3) is 1.84. The van der Waals surface area contributed by atoms with E-state index in [9.17, 15) is 4.79 Å². The van der Waals surface area contributed by atoms with Crippen LogP contribution in [-0.4, -0.2) is 59.3 Å². The van der Waals surface area contributed by atoms with Crippen molar-refractivity contribution >= 4 is 16.6 Å². The van der Waals surface area contributed by atoms with E-state index in [4.69, 9.17) is 0 Å². The van der Waals surface area contributed by atoms with Crippen LogP contribution in [0.1, 0.15) is 10.4 Å². The molecule has 3 fully saturated rings. The SMILES string of the molecule is O=C(c1cccc2ccncc12)C1CN2CCN1CC2. The van der Waals surface area contributed by atoms with Crippen molar-refractivity contribution in [1.29, 1.82) is 0 Å². The van der Waals surface area contributed by atoms with Gasteiger partial charge >= 0.3 is 0 Å². The van der Waals surface area contributed by atoms with Gasteiger partial charge in [-0.25, -0.2) is 0 Å². The van der Waals surface area contributed by atoms with Gasteiger partial charge in [0.1, 0.15) is 0 Å². The Morgan fingerprint density at radius 2 is 2.00 bits per heavy atom. The van der Waals surface area contributed by atoms with Crippen LogP contribution >= 0.6 is 0 Å². The highest BCUT2D eigenvalue weighted by atomic mass is 16.1. The largest absolute Gasteiger partial charge is 0.299 e. The van der Waals surface area contributed by atoms with Gasteiger partial charge in [0.2, 0.25) is 0 Å². The van der Waals surface area contributed by atoms with Crippen molar-refractivity contribution in [3.05, 3.63) is 42.2 Å². The molecule has 102 valence electrons. The van der Waals surface area contributed by atoms with Gasteiger partial charge in [0.05, 0.1) is 6.04 Å². The molecule has 4 nitrogen and oxygen atoms in total. The van der Waals surface area contributed by atoms with Gasteiger partial charge in [-0.2, -0.15) is 0 Å². The lowest BCUT2D eigenvalue weighted by Gasteiger charge is -2.46. The molecule has 1 atom stereocenters. The lowest BCUT2D eigenvalue weighted by atomic mass is 9.95. The van der Waals surface area contributed by atoms with E-state index in [1.54, 1.807) is 12.4 Å². The molecule has 3 aliphatic rings. The lowest BCUT2D eigenvalue weighted by molar-refractivity contribution is 0.0160. The van der Waals surface area contributed by atoms with Gasteiger partial charge < -0.3 is 0 Å². The summed E-state index contributed by atoms with van der Waals surface area (Å²) < 4.78 is 0. The van der Waals surface area contributed by atoms with Crippen LogP contribution < -0.4 is 0 Å². The summed E-state index contributed by atoms with van der Waals surface area (Å²) in [6.45, 7) is 5.09. The molecule has 0 aliphatic carbocycles. The Morgan fingerprint density at radius 1 is 1.15 bits per heavy atom. The lowest BCUT2D eigenvalue weighted by Crippen LogP contribution is -2.63. The van der Waals surface area contributed by atoms with E-state index in [1.165, 1.54) is 0 Å². The van der Waals surface area contributed by atoms with Crippen LogP contribution in [-0.2, 0) is 0 Å². The minimum atomic E-state index is 0.0170. The Labute approximate surface area is 118 Å². The van der Waals surface area contributed by atoms with Gasteiger partial charge in [-0.1, -0.05) is 18.2 Å². The van der Waals surface area contributed by atoms with E-state index in [1.807, 2.05) is 24.3 Å². The molecule has 0 saturated carbocycles. The van der Waals surface area contributed by atoms with E-state index in [2.05, 4.69) is 14.8 Å². The Balaban J connectivity index is 1.74. The van der Waals surface area contributed by atoms with Gasteiger partial charge in [0, 0.05) is 56.1 Å². The summed E-state index contributed by atoms with van der Waals surface area (Å²) in [6.07, 6.45) is 3.58. The summed E-state index contributed by atoms with van der Waals surface area (Å²) in [7, 11) is 0. The van der Waals surface area contributed by atoms with Crippen LogP contribution in [0.2, 0.25) is 0 Å². The molecule has 0 N–H and O–H groups in total. The molecule has 3 aliphatic heterocycles. The second-order valence-electron chi connectivity index (χ2n) is 5.62. The standard InChI is InChI=1S/C16H17N3O/c20-16(15-11-18-6-8-19(15)9-7-18)13-3-1-2-12-4-5-17-10-14(12)13/h1-5,10,15H,6-9,11H2. The first-order chi connectivity index (χ1) is 9.83. The smallest absolute Gasteiger partial charge is 0.181 e. The van der Waals surface area contributed by atoms with E-state index in [-0.39, 0.29) is 11.8 Å². The molecule has 0 spiro atoms. The highest BCUT2D eigenvalue weighted by Gasteiger charge is 2.36. The van der Waals surface area contributed by atoms with Crippen LogP contribution in [0.4, 0.5) is 0 Å². The number of nitrogens with zero attached hydrogens (tertiary/aromatic N) is 3. The van der Waals surface area contributed by atoms with Gasteiger partial charge in [-0.3, -0.25) is 19.6 Å². The quantitative estimate of drug-likeness (QED) is 0.771. The molecular formula is C16H17N3O. The summed E-state index contributed by atoms with van der Waals surface area (Å²) in [5, 5.41) is 2.06. The number of aromatic nitrogens is 1. The highest BCUT2D eigenvalue weighted by molar-refractivity contribution is 6.10. The van der Waals surface area contributed by atoms with E-state index in [0.717, 1.165) is 49.1 Å². The molecule has 5 rings (SSSR count). The van der Waals surface area contributed by atoms with Crippen molar-refractivity contribution in [2.75, 3.05) is 32.7 Å². The van der Waals surface area contributed by atoms with Crippen molar-refractivity contribution in [2.45, 2.75) is 6.04 Å². The summed E-state index contributed by atoms with van der Waals surface area (Å²) in [5.41, 5.74) is 0.814. The number of ketones is 1. The fraction of sp³-hybridized carbons (Fsp3) is 0.375. The number of rotatable bonds is 2. The number of piperazine rings is 3. The highest BCUT2D eigenvalue weighted by Crippen LogP contribution is 2.23. The zero-order valence-electron chi connectivity index (χ0n) is 11.3. The molecule has 3 saturated heterocycles. The molecule has 1 aromatic carbocycles. The Morgan fingerprint density at radius 3 is 2.75 bits per heavy atom. The Bertz CT molecular complexity index is 656. The molecule has 2 aromatic rings. The van der Waals surface area contributed by atoms with Crippen molar-refractivity contribution < 1.29 is 4.79 Å². The maximum absolute atomic E-state index is 12.9. The molecule has 1 unspecified atom stereocenters. The number of hydrogen-bond donors (Lipinski definition) is 0. The van der Waals surface area contributed by atoms with Gasteiger partial charge in [-0.05, 0) is 11.5 Å². The van der Waals surface area contributed by atoms with Crippen LogP contribution in [0.3, 0.4) is 0 Å². The number of fused-ring (bicyclic) bond motifs is 4. The summed E-state index contributed by atoms with van der Waals surface area (Å²) in [5.74, 6) is 0.244. The Kier molecular flexibility index (Phi) is 2.79. The summed E-state index contributed by atoms with van der Waals surface area (Å²) in [4.78, 5) is 21.8. The number of carbonyl (C=O) groups is 1. The molecule has 1 aromatic heterocycles. The van der Waals surface area contributed by atoms with Gasteiger partial charge in [0.15, 0.2) is 5.78 Å². The fourth-order valence-electron chi connectivity index (χ4n) is 3.37. The third-order valence-corrected chi connectivity index (χ3v) is 4.53. The summed E-state index contributed by atoms with van der Waals surface area (Å²) in [6, 6.07) is 7.91. The number of carbonyl (C=O) groups excluding carboxylic acids is 1. The first kappa shape index (κ1) is 12.0. The predicted octanol–water partition coefficient (Wildman–Crippen LogP) is 1.42. The maximum Gasteiger partial charge on any atom is 0.181 e. The first-order valence-electron chi connectivity index (χ1n) is 7.16. The van der Waals surface area contributed by atoms with Gasteiger partial charge in [-0.15, -0.1) is 0 Å². The number of pyridine rings is 1. The molecule has 4 heteroatoms. The van der Waals surface area contributed by atoms with E-state index in [0.29, 0.717) is 0 Å². The normalized spacial score (nSPS) is 28.7. The number of Topliss-reactive ketones (excluding diaryl/α,β-unsaturated/α-hetero) is 1. The van der Waals surface area contributed by atoms with Crippen molar-refractivity contribution in [2.24, 2.45) is 0 Å². The fourth-order valence-corrected chi connectivity index (χ4v) is 3.37. The molecule has 20 heavy (non-hydrogen) atoms. The molecular weight excluding hydrogens is 250 g/mol. The van der Waals surface area contributed by atoms with Crippen LogP contribution in [0, 0.1) is 0 Å². The average Bonchev–Trinajstić information content (AvgIpc) is 2.54. The zero-order chi connectivity index (χ0) is 13.5. The van der Waals surface area contributed by atoms with Crippen molar-refractivity contribution in [3.63, 3.8) is 0 Å². The Hall–Kier alpha value is -1.78. The first-order valence-corrected chi connectivity index (χ1v) is 7.16. The van der Waals surface area contributed by atoms with Crippen molar-refractivity contribution in [1.82, 2.24) is 14.8 Å². The molecule has 2 bridgehead atoms. The number of hydrogen-bond acceptors (Lipinski definition) is 4. The van der Waals surface area contributed by atoms with Crippen LogP contribution in [0.5, 0.6) is 0 Å².